The standard InChI is InChI=1S/C16H24BrFN2/c1-11(2)10-16(7-3-4-8-16)15(20-19)13-9-12(17)5-6-14(13)18/h5-6,9,11,15,20H,3-4,7-8,10,19H2,1-2H3. The fourth-order valence-corrected chi connectivity index (χ4v) is 4.21. The van der Waals surface area contributed by atoms with Gasteiger partial charge in [-0.15, -0.1) is 0 Å². The molecule has 1 unspecified atom stereocenters. The smallest absolute Gasteiger partial charge is 0.128 e. The average molecular weight is 343 g/mol. The van der Waals surface area contributed by atoms with Crippen LogP contribution in [0.15, 0.2) is 22.7 Å². The summed E-state index contributed by atoms with van der Waals surface area (Å²) in [5.41, 5.74) is 3.67. The fourth-order valence-electron chi connectivity index (χ4n) is 3.84. The summed E-state index contributed by atoms with van der Waals surface area (Å²) in [5.74, 6) is 6.24. The van der Waals surface area contributed by atoms with Gasteiger partial charge in [-0.3, -0.25) is 11.3 Å². The van der Waals surface area contributed by atoms with Crippen molar-refractivity contribution in [1.29, 1.82) is 0 Å². The molecule has 0 aliphatic heterocycles. The number of rotatable bonds is 5. The van der Waals surface area contributed by atoms with Crippen LogP contribution in [0.25, 0.3) is 0 Å². The molecule has 112 valence electrons. The summed E-state index contributed by atoms with van der Waals surface area (Å²) in [4.78, 5) is 0. The molecule has 0 amide bonds. The van der Waals surface area contributed by atoms with Gasteiger partial charge in [-0.1, -0.05) is 42.6 Å². The second kappa shape index (κ2) is 6.54. The third-order valence-electron chi connectivity index (χ3n) is 4.46. The molecule has 1 aliphatic rings. The highest BCUT2D eigenvalue weighted by Crippen LogP contribution is 2.51. The molecule has 3 N–H and O–H groups in total. The monoisotopic (exact) mass is 342 g/mol. The third kappa shape index (κ3) is 3.23. The Labute approximate surface area is 129 Å². The van der Waals surface area contributed by atoms with Crippen molar-refractivity contribution in [2.75, 3.05) is 0 Å². The van der Waals surface area contributed by atoms with Crippen molar-refractivity contribution in [2.45, 2.75) is 52.0 Å². The molecule has 1 saturated carbocycles. The molecule has 0 spiro atoms. The molecule has 0 heterocycles. The Morgan fingerprint density at radius 1 is 1.35 bits per heavy atom. The van der Waals surface area contributed by atoms with Crippen LogP contribution in [-0.2, 0) is 0 Å². The summed E-state index contributed by atoms with van der Waals surface area (Å²) in [6.07, 6.45) is 5.73. The van der Waals surface area contributed by atoms with E-state index in [1.165, 1.54) is 18.9 Å². The van der Waals surface area contributed by atoms with E-state index in [-0.39, 0.29) is 17.3 Å². The molecule has 0 radical (unpaired) electrons. The first-order valence-electron chi connectivity index (χ1n) is 7.39. The zero-order valence-corrected chi connectivity index (χ0v) is 13.8. The zero-order valence-electron chi connectivity index (χ0n) is 12.3. The Bertz CT molecular complexity index is 456. The Morgan fingerprint density at radius 2 is 2.00 bits per heavy atom. The maximum Gasteiger partial charge on any atom is 0.128 e. The van der Waals surface area contributed by atoms with E-state index in [0.717, 1.165) is 23.7 Å². The van der Waals surface area contributed by atoms with Crippen LogP contribution >= 0.6 is 15.9 Å². The van der Waals surface area contributed by atoms with Gasteiger partial charge >= 0.3 is 0 Å². The number of nitrogens with two attached hydrogens (primary N) is 1. The Hall–Kier alpha value is -0.450. The van der Waals surface area contributed by atoms with Crippen molar-refractivity contribution in [3.8, 4) is 0 Å². The third-order valence-corrected chi connectivity index (χ3v) is 4.96. The molecular weight excluding hydrogens is 319 g/mol. The normalized spacial score (nSPS) is 19.5. The van der Waals surface area contributed by atoms with Gasteiger partial charge in [-0.25, -0.2) is 4.39 Å². The lowest BCUT2D eigenvalue weighted by atomic mass is 9.70. The highest BCUT2D eigenvalue weighted by molar-refractivity contribution is 9.10. The number of hydrazine groups is 1. The van der Waals surface area contributed by atoms with Crippen molar-refractivity contribution < 1.29 is 4.39 Å². The van der Waals surface area contributed by atoms with Gasteiger partial charge in [0, 0.05) is 10.0 Å². The van der Waals surface area contributed by atoms with Crippen LogP contribution in [0.5, 0.6) is 0 Å². The second-order valence-corrected chi connectivity index (χ2v) is 7.35. The summed E-state index contributed by atoms with van der Waals surface area (Å²) in [6, 6.07) is 4.99. The number of hydrogen-bond donors (Lipinski definition) is 2. The van der Waals surface area contributed by atoms with Crippen molar-refractivity contribution in [3.05, 3.63) is 34.1 Å². The minimum Gasteiger partial charge on any atom is -0.271 e. The maximum absolute atomic E-state index is 14.3. The molecule has 0 bridgehead atoms. The van der Waals surface area contributed by atoms with Gasteiger partial charge in [0.05, 0.1) is 6.04 Å². The Kier molecular flexibility index (Phi) is 5.21. The summed E-state index contributed by atoms with van der Waals surface area (Å²) in [5, 5.41) is 0. The van der Waals surface area contributed by atoms with Crippen molar-refractivity contribution in [3.63, 3.8) is 0 Å². The predicted octanol–water partition coefficient (Wildman–Crippen LogP) is 4.70. The zero-order chi connectivity index (χ0) is 14.8. The van der Waals surface area contributed by atoms with Crippen LogP contribution < -0.4 is 11.3 Å². The van der Waals surface area contributed by atoms with Crippen molar-refractivity contribution >= 4 is 15.9 Å². The Morgan fingerprint density at radius 3 is 2.55 bits per heavy atom. The van der Waals surface area contributed by atoms with E-state index in [1.54, 1.807) is 6.07 Å². The summed E-state index contributed by atoms with van der Waals surface area (Å²) >= 11 is 3.44. The lowest BCUT2D eigenvalue weighted by Gasteiger charge is -2.39. The van der Waals surface area contributed by atoms with Crippen molar-refractivity contribution in [2.24, 2.45) is 17.2 Å². The van der Waals surface area contributed by atoms with Crippen LogP contribution in [-0.4, -0.2) is 0 Å². The topological polar surface area (TPSA) is 38.0 Å². The van der Waals surface area contributed by atoms with Gasteiger partial charge in [0.1, 0.15) is 5.82 Å². The van der Waals surface area contributed by atoms with E-state index in [9.17, 15) is 4.39 Å². The van der Waals surface area contributed by atoms with E-state index < -0.39 is 0 Å². The highest BCUT2D eigenvalue weighted by Gasteiger charge is 2.42. The minimum absolute atomic E-state index is 0.0740. The van der Waals surface area contributed by atoms with E-state index >= 15 is 0 Å². The van der Waals surface area contributed by atoms with Gasteiger partial charge in [0.2, 0.25) is 0 Å². The second-order valence-electron chi connectivity index (χ2n) is 6.43. The molecule has 1 atom stereocenters. The molecule has 1 aromatic rings. The van der Waals surface area contributed by atoms with Crippen LogP contribution in [0.3, 0.4) is 0 Å². The van der Waals surface area contributed by atoms with Crippen LogP contribution in [0.1, 0.15) is 57.6 Å². The van der Waals surface area contributed by atoms with Gasteiger partial charge < -0.3 is 0 Å². The fraction of sp³-hybridized carbons (Fsp3) is 0.625. The maximum atomic E-state index is 14.3. The molecule has 0 aromatic heterocycles. The van der Waals surface area contributed by atoms with Crippen molar-refractivity contribution in [1.82, 2.24) is 5.43 Å². The molecule has 1 aliphatic carbocycles. The summed E-state index contributed by atoms with van der Waals surface area (Å²) < 4.78 is 15.1. The molecule has 2 nitrogen and oxygen atoms in total. The lowest BCUT2D eigenvalue weighted by molar-refractivity contribution is 0.153. The quantitative estimate of drug-likeness (QED) is 0.601. The molecule has 4 heteroatoms. The number of nitrogens with one attached hydrogen (secondary N) is 1. The largest absolute Gasteiger partial charge is 0.271 e. The van der Waals surface area contributed by atoms with Crippen LogP contribution in [0.2, 0.25) is 0 Å². The first kappa shape index (κ1) is 15.9. The van der Waals surface area contributed by atoms with E-state index in [1.807, 2.05) is 6.07 Å². The first-order valence-corrected chi connectivity index (χ1v) is 8.19. The number of benzene rings is 1. The number of hydrogen-bond acceptors (Lipinski definition) is 2. The van der Waals surface area contributed by atoms with E-state index in [0.29, 0.717) is 11.5 Å². The first-order chi connectivity index (χ1) is 9.48. The molecule has 1 aromatic carbocycles. The lowest BCUT2D eigenvalue weighted by Crippen LogP contribution is -2.41. The SMILES string of the molecule is CC(C)CC1(C(NN)c2cc(Br)ccc2F)CCCC1. The summed E-state index contributed by atoms with van der Waals surface area (Å²) in [7, 11) is 0. The van der Waals surface area contributed by atoms with E-state index in [4.69, 9.17) is 5.84 Å². The highest BCUT2D eigenvalue weighted by atomic mass is 79.9. The van der Waals surface area contributed by atoms with Gasteiger partial charge in [-0.05, 0) is 48.8 Å². The number of halogens is 2. The van der Waals surface area contributed by atoms with Crippen LogP contribution in [0, 0.1) is 17.2 Å². The average Bonchev–Trinajstić information content (AvgIpc) is 2.83. The molecular formula is C16H24BrFN2. The molecule has 20 heavy (non-hydrogen) atoms. The molecule has 2 rings (SSSR count). The predicted molar refractivity (Wildman–Crippen MR) is 84.5 cm³/mol. The van der Waals surface area contributed by atoms with E-state index in [2.05, 4.69) is 35.2 Å². The molecule has 1 fully saturated rings. The van der Waals surface area contributed by atoms with Gasteiger partial charge in [0.25, 0.3) is 0 Å². The summed E-state index contributed by atoms with van der Waals surface area (Å²) in [6.45, 7) is 4.45. The van der Waals surface area contributed by atoms with Crippen LogP contribution in [0.4, 0.5) is 4.39 Å². The minimum atomic E-state index is -0.175. The Balaban J connectivity index is 2.40. The van der Waals surface area contributed by atoms with Gasteiger partial charge in [-0.2, -0.15) is 0 Å². The molecule has 0 saturated heterocycles. The van der Waals surface area contributed by atoms with Gasteiger partial charge in [0.15, 0.2) is 0 Å².